The molecule has 0 heterocycles. The molecule has 2 aromatic carbocycles. The molecule has 76 valence electrons. The van der Waals surface area contributed by atoms with E-state index in [1.807, 2.05) is 0 Å². The van der Waals surface area contributed by atoms with Crippen molar-refractivity contribution in [3.8, 4) is 0 Å². The van der Waals surface area contributed by atoms with Gasteiger partial charge in [0.25, 0.3) is 0 Å². The van der Waals surface area contributed by atoms with E-state index in [4.69, 9.17) is 0 Å². The summed E-state index contributed by atoms with van der Waals surface area (Å²) in [6, 6.07) is 17.6. The van der Waals surface area contributed by atoms with Gasteiger partial charge in [-0.15, -0.1) is 0 Å². The Labute approximate surface area is 102 Å². The van der Waals surface area contributed by atoms with Crippen LogP contribution in [-0.4, -0.2) is 0 Å². The molecule has 0 fully saturated rings. The molecular weight excluding hydrogens is 295 g/mol. The summed E-state index contributed by atoms with van der Waals surface area (Å²) in [4.78, 5) is 0. The van der Waals surface area contributed by atoms with Crippen LogP contribution in [0.15, 0.2) is 48.5 Å². The molecule has 0 spiro atoms. The van der Waals surface area contributed by atoms with Gasteiger partial charge in [-0.1, -0.05) is 24.3 Å². The molecule has 0 bridgehead atoms. The number of benzene rings is 2. The second-order valence-corrected chi connectivity index (χ2v) is 6.65. The van der Waals surface area contributed by atoms with Gasteiger partial charge in [-0.2, -0.15) is 0 Å². The van der Waals surface area contributed by atoms with E-state index in [9.17, 15) is 0 Å². The zero-order valence-electron chi connectivity index (χ0n) is 9.00. The van der Waals surface area contributed by atoms with Crippen LogP contribution in [0.4, 0.5) is 0 Å². The highest BCUT2D eigenvalue weighted by Gasteiger charge is 2.14. The summed E-state index contributed by atoms with van der Waals surface area (Å²) in [7, 11) is 0. The van der Waals surface area contributed by atoms with E-state index in [1.54, 1.807) is 0 Å². The number of aryl methyl sites for hydroxylation is 2. The lowest BCUT2D eigenvalue weighted by Gasteiger charge is -1.96. The largest absolute Gasteiger partial charge is 0.357 e. The summed E-state index contributed by atoms with van der Waals surface area (Å²) in [5, 5.41) is 0. The van der Waals surface area contributed by atoms with E-state index in [0.29, 0.717) is 0 Å². The van der Waals surface area contributed by atoms with Crippen LogP contribution in [0, 0.1) is 21.0 Å². The SMILES string of the molecule is Cc1ccc([I+]c2ccccc2)cc1C. The molecule has 0 N–H and O–H groups in total. The molecule has 0 amide bonds. The molecule has 0 aliphatic rings. The third-order valence-corrected chi connectivity index (χ3v) is 5.06. The molecule has 0 aromatic heterocycles. The zero-order valence-corrected chi connectivity index (χ0v) is 11.2. The van der Waals surface area contributed by atoms with Gasteiger partial charge in [0.1, 0.15) is 0 Å². The molecule has 0 nitrogen and oxygen atoms in total. The Bertz CT molecular complexity index is 446. The van der Waals surface area contributed by atoms with Crippen molar-refractivity contribution in [2.45, 2.75) is 13.8 Å². The fraction of sp³-hybridized carbons (Fsp3) is 0.143. The second kappa shape index (κ2) is 4.79. The molecule has 0 aliphatic heterocycles. The molecule has 0 radical (unpaired) electrons. The summed E-state index contributed by atoms with van der Waals surface area (Å²) in [6.45, 7) is 4.35. The monoisotopic (exact) mass is 309 g/mol. The molecule has 0 saturated carbocycles. The van der Waals surface area contributed by atoms with E-state index in [1.165, 1.54) is 18.3 Å². The minimum atomic E-state index is -0.000856. The highest BCUT2D eigenvalue weighted by Crippen LogP contribution is 2.03. The maximum Gasteiger partial charge on any atom is 0.357 e. The van der Waals surface area contributed by atoms with Crippen molar-refractivity contribution in [2.24, 2.45) is 0 Å². The Morgan fingerprint density at radius 1 is 0.733 bits per heavy atom. The number of halogens is 1. The minimum absolute atomic E-state index is 0.000856. The summed E-state index contributed by atoms with van der Waals surface area (Å²) in [5.74, 6) is 0. The van der Waals surface area contributed by atoms with E-state index < -0.39 is 0 Å². The van der Waals surface area contributed by atoms with Crippen LogP contribution in [0.1, 0.15) is 11.1 Å². The van der Waals surface area contributed by atoms with Gasteiger partial charge >= 0.3 is 21.2 Å². The van der Waals surface area contributed by atoms with Crippen molar-refractivity contribution in [3.05, 3.63) is 66.8 Å². The van der Waals surface area contributed by atoms with Crippen molar-refractivity contribution in [1.82, 2.24) is 0 Å². The molecule has 1 heteroatoms. The van der Waals surface area contributed by atoms with Crippen LogP contribution in [0.3, 0.4) is 0 Å². The normalized spacial score (nSPS) is 10.3. The Hall–Kier alpha value is -0.830. The van der Waals surface area contributed by atoms with Gasteiger partial charge in [-0.25, -0.2) is 0 Å². The Kier molecular flexibility index (Phi) is 3.41. The molecule has 15 heavy (non-hydrogen) atoms. The average molecular weight is 309 g/mol. The first-order chi connectivity index (χ1) is 7.25. The number of hydrogen-bond donors (Lipinski definition) is 0. The van der Waals surface area contributed by atoms with Gasteiger partial charge in [0, 0.05) is 0 Å². The van der Waals surface area contributed by atoms with Crippen LogP contribution in [-0.2, 0) is 0 Å². The topological polar surface area (TPSA) is 0 Å². The first-order valence-electron chi connectivity index (χ1n) is 5.03. The van der Waals surface area contributed by atoms with Crippen molar-refractivity contribution in [2.75, 3.05) is 0 Å². The molecule has 2 aromatic rings. The summed E-state index contributed by atoms with van der Waals surface area (Å²) in [5.41, 5.74) is 2.79. The van der Waals surface area contributed by atoms with E-state index in [-0.39, 0.29) is 21.2 Å². The summed E-state index contributed by atoms with van der Waals surface area (Å²) < 4.78 is 2.99. The van der Waals surface area contributed by atoms with Gasteiger partial charge < -0.3 is 0 Å². The molecule has 0 aliphatic carbocycles. The van der Waals surface area contributed by atoms with Crippen LogP contribution in [0.25, 0.3) is 0 Å². The average Bonchev–Trinajstić information content (AvgIpc) is 2.25. The Morgan fingerprint density at radius 2 is 1.47 bits per heavy atom. The Morgan fingerprint density at radius 3 is 2.13 bits per heavy atom. The van der Waals surface area contributed by atoms with Crippen LogP contribution in [0.2, 0.25) is 0 Å². The molecule has 0 atom stereocenters. The lowest BCUT2D eigenvalue weighted by Crippen LogP contribution is -3.61. The zero-order chi connectivity index (χ0) is 10.7. The van der Waals surface area contributed by atoms with Crippen molar-refractivity contribution >= 4 is 0 Å². The van der Waals surface area contributed by atoms with Gasteiger partial charge in [0.15, 0.2) is 7.14 Å². The lowest BCUT2D eigenvalue weighted by atomic mass is 10.1. The minimum Gasteiger partial charge on any atom is -0.0619 e. The quantitative estimate of drug-likeness (QED) is 0.706. The van der Waals surface area contributed by atoms with Crippen molar-refractivity contribution < 1.29 is 21.2 Å². The molecular formula is C14H14I+. The highest BCUT2D eigenvalue weighted by molar-refractivity contribution is 5.23. The van der Waals surface area contributed by atoms with Crippen molar-refractivity contribution in [3.63, 3.8) is 0 Å². The molecule has 0 saturated heterocycles. The predicted molar refractivity (Wildman–Crippen MR) is 59.8 cm³/mol. The van der Waals surface area contributed by atoms with Crippen LogP contribution >= 0.6 is 0 Å². The third-order valence-electron chi connectivity index (χ3n) is 2.42. The third kappa shape index (κ3) is 2.81. The first-order valence-corrected chi connectivity index (χ1v) is 7.18. The second-order valence-electron chi connectivity index (χ2n) is 3.62. The van der Waals surface area contributed by atoms with Crippen molar-refractivity contribution in [1.29, 1.82) is 0 Å². The van der Waals surface area contributed by atoms with Crippen LogP contribution < -0.4 is 21.2 Å². The predicted octanol–water partition coefficient (Wildman–Crippen LogP) is 0.432. The standard InChI is InChI=1S/C14H14I/c1-11-8-9-14(10-12(11)2)15-13-6-4-3-5-7-13/h3-10H,1-2H3/q+1. The van der Waals surface area contributed by atoms with Gasteiger partial charge in [0.05, 0.1) is 0 Å². The fourth-order valence-electron chi connectivity index (χ4n) is 1.37. The lowest BCUT2D eigenvalue weighted by molar-refractivity contribution is -0.597. The molecule has 2 rings (SSSR count). The first kappa shape index (κ1) is 10.7. The maximum atomic E-state index is 2.33. The van der Waals surface area contributed by atoms with Gasteiger partial charge in [-0.05, 0) is 49.2 Å². The van der Waals surface area contributed by atoms with Gasteiger partial charge in [-0.3, -0.25) is 0 Å². The van der Waals surface area contributed by atoms with Crippen LogP contribution in [0.5, 0.6) is 0 Å². The van der Waals surface area contributed by atoms with E-state index in [0.717, 1.165) is 0 Å². The molecule has 0 unspecified atom stereocenters. The number of rotatable bonds is 2. The van der Waals surface area contributed by atoms with E-state index >= 15 is 0 Å². The van der Waals surface area contributed by atoms with E-state index in [2.05, 4.69) is 62.4 Å². The number of hydrogen-bond acceptors (Lipinski definition) is 0. The summed E-state index contributed by atoms with van der Waals surface area (Å²) >= 11 is -0.000856. The maximum absolute atomic E-state index is 2.33. The van der Waals surface area contributed by atoms with Gasteiger partial charge in [0.2, 0.25) is 0 Å². The fourth-order valence-corrected chi connectivity index (χ4v) is 3.84. The smallest absolute Gasteiger partial charge is 0.0619 e. The summed E-state index contributed by atoms with van der Waals surface area (Å²) in [6.07, 6.45) is 0. The Balaban J connectivity index is 2.22. The highest BCUT2D eigenvalue weighted by atomic mass is 127.